The summed E-state index contributed by atoms with van der Waals surface area (Å²) in [6, 6.07) is 7.06. The smallest absolute Gasteiger partial charge is 0.253 e. The summed E-state index contributed by atoms with van der Waals surface area (Å²) in [5.74, 6) is 0.222. The molecule has 1 heterocycles. The van der Waals surface area contributed by atoms with Crippen LogP contribution in [0, 0.1) is 5.92 Å². The lowest BCUT2D eigenvalue weighted by Gasteiger charge is -2.22. The molecule has 1 aromatic rings. The van der Waals surface area contributed by atoms with Gasteiger partial charge in [0.1, 0.15) is 0 Å². The molecule has 0 bridgehead atoms. The average Bonchev–Trinajstić information content (AvgIpc) is 2.48. The van der Waals surface area contributed by atoms with Crippen molar-refractivity contribution in [2.24, 2.45) is 5.92 Å². The first kappa shape index (κ1) is 17.5. The zero-order valence-corrected chi connectivity index (χ0v) is 13.0. The number of para-hydroxylation sites is 1. The Morgan fingerprint density at radius 3 is 2.57 bits per heavy atom. The molecule has 5 nitrogen and oxygen atoms in total. The highest BCUT2D eigenvalue weighted by molar-refractivity contribution is 6.03. The predicted octanol–water partition coefficient (Wildman–Crippen LogP) is 1.80. The van der Waals surface area contributed by atoms with Crippen molar-refractivity contribution in [3.63, 3.8) is 0 Å². The zero-order chi connectivity index (χ0) is 14.4. The van der Waals surface area contributed by atoms with Gasteiger partial charge in [0.2, 0.25) is 5.91 Å². The SMILES string of the molecule is CNC(=O)c1ccccc1NC(=O)CC1CCNCC1.Cl. The minimum Gasteiger partial charge on any atom is -0.355 e. The van der Waals surface area contributed by atoms with Crippen molar-refractivity contribution in [2.75, 3.05) is 25.5 Å². The molecule has 2 rings (SSSR count). The Hall–Kier alpha value is -1.59. The van der Waals surface area contributed by atoms with Crippen molar-refractivity contribution in [3.8, 4) is 0 Å². The first-order chi connectivity index (χ1) is 9.70. The molecule has 6 heteroatoms. The maximum absolute atomic E-state index is 12.1. The van der Waals surface area contributed by atoms with E-state index in [0.717, 1.165) is 25.9 Å². The van der Waals surface area contributed by atoms with Crippen LogP contribution in [0.4, 0.5) is 5.69 Å². The summed E-state index contributed by atoms with van der Waals surface area (Å²) in [4.78, 5) is 23.8. The molecule has 0 spiro atoms. The lowest BCUT2D eigenvalue weighted by atomic mass is 9.94. The number of amides is 2. The average molecular weight is 312 g/mol. The maximum Gasteiger partial charge on any atom is 0.253 e. The fourth-order valence-electron chi connectivity index (χ4n) is 2.47. The molecule has 3 N–H and O–H groups in total. The van der Waals surface area contributed by atoms with Crippen LogP contribution in [0.25, 0.3) is 0 Å². The van der Waals surface area contributed by atoms with E-state index in [0.29, 0.717) is 23.6 Å². The van der Waals surface area contributed by atoms with Gasteiger partial charge in [-0.1, -0.05) is 12.1 Å². The van der Waals surface area contributed by atoms with Crippen molar-refractivity contribution < 1.29 is 9.59 Å². The Balaban J connectivity index is 0.00000220. The number of hydrogen-bond donors (Lipinski definition) is 3. The number of carbonyl (C=O) groups is 2. The van der Waals surface area contributed by atoms with Gasteiger partial charge in [0.25, 0.3) is 5.91 Å². The molecule has 0 saturated carbocycles. The highest BCUT2D eigenvalue weighted by atomic mass is 35.5. The number of carbonyl (C=O) groups excluding carboxylic acids is 2. The van der Waals surface area contributed by atoms with Crippen LogP contribution in [0.1, 0.15) is 29.6 Å². The van der Waals surface area contributed by atoms with Gasteiger partial charge < -0.3 is 16.0 Å². The second kappa shape index (κ2) is 8.64. The van der Waals surface area contributed by atoms with Gasteiger partial charge in [-0.05, 0) is 44.0 Å². The largest absolute Gasteiger partial charge is 0.355 e. The van der Waals surface area contributed by atoms with Gasteiger partial charge in [-0.2, -0.15) is 0 Å². The standard InChI is InChI=1S/C15H21N3O2.ClH/c1-16-15(20)12-4-2-3-5-13(12)18-14(19)10-11-6-8-17-9-7-11;/h2-5,11,17H,6-10H2,1H3,(H,16,20)(H,18,19);1H. The van der Waals surface area contributed by atoms with Crippen LogP contribution in [0.5, 0.6) is 0 Å². The van der Waals surface area contributed by atoms with E-state index >= 15 is 0 Å². The molecule has 0 radical (unpaired) electrons. The van der Waals surface area contributed by atoms with Gasteiger partial charge in [-0.3, -0.25) is 9.59 Å². The van der Waals surface area contributed by atoms with E-state index in [-0.39, 0.29) is 24.2 Å². The van der Waals surface area contributed by atoms with Gasteiger partial charge >= 0.3 is 0 Å². The van der Waals surface area contributed by atoms with Gasteiger partial charge in [-0.15, -0.1) is 12.4 Å². The lowest BCUT2D eigenvalue weighted by molar-refractivity contribution is -0.117. The second-order valence-corrected chi connectivity index (χ2v) is 5.07. The molecule has 0 aromatic heterocycles. The molecule has 21 heavy (non-hydrogen) atoms. The Morgan fingerprint density at radius 1 is 1.24 bits per heavy atom. The predicted molar refractivity (Wildman–Crippen MR) is 85.9 cm³/mol. The fraction of sp³-hybridized carbons (Fsp3) is 0.467. The third-order valence-electron chi connectivity index (χ3n) is 3.61. The minimum atomic E-state index is -0.192. The zero-order valence-electron chi connectivity index (χ0n) is 12.1. The third kappa shape index (κ3) is 5.02. The van der Waals surface area contributed by atoms with Gasteiger partial charge in [-0.25, -0.2) is 0 Å². The molecule has 1 aliphatic heterocycles. The first-order valence-corrected chi connectivity index (χ1v) is 7.02. The van der Waals surface area contributed by atoms with Crippen LogP contribution in [0.3, 0.4) is 0 Å². The van der Waals surface area contributed by atoms with Crippen LogP contribution < -0.4 is 16.0 Å². The molecule has 0 atom stereocenters. The number of benzene rings is 1. The monoisotopic (exact) mass is 311 g/mol. The molecular weight excluding hydrogens is 290 g/mol. The Bertz CT molecular complexity index is 488. The molecule has 2 amide bonds. The van der Waals surface area contributed by atoms with E-state index in [1.807, 2.05) is 6.07 Å². The summed E-state index contributed by atoms with van der Waals surface area (Å²) in [6.07, 6.45) is 2.58. The quantitative estimate of drug-likeness (QED) is 0.794. The Labute approximate surface area is 131 Å². The van der Waals surface area contributed by atoms with E-state index in [2.05, 4.69) is 16.0 Å². The lowest BCUT2D eigenvalue weighted by Crippen LogP contribution is -2.30. The summed E-state index contributed by atoms with van der Waals surface area (Å²) in [7, 11) is 1.58. The topological polar surface area (TPSA) is 70.2 Å². The van der Waals surface area contributed by atoms with Gasteiger partial charge in [0, 0.05) is 13.5 Å². The normalized spacial score (nSPS) is 14.9. The minimum absolute atomic E-state index is 0. The van der Waals surface area contributed by atoms with Crippen LogP contribution in [-0.4, -0.2) is 32.0 Å². The summed E-state index contributed by atoms with van der Waals surface area (Å²) in [6.45, 7) is 1.96. The van der Waals surface area contributed by atoms with Gasteiger partial charge in [0.15, 0.2) is 0 Å². The number of piperidine rings is 1. The number of nitrogens with one attached hydrogen (secondary N) is 3. The maximum atomic E-state index is 12.1. The molecular formula is C15H22ClN3O2. The highest BCUT2D eigenvalue weighted by Crippen LogP contribution is 2.19. The van der Waals surface area contributed by atoms with Crippen molar-refractivity contribution in [3.05, 3.63) is 29.8 Å². The second-order valence-electron chi connectivity index (χ2n) is 5.07. The number of hydrogen-bond acceptors (Lipinski definition) is 3. The van der Waals surface area contributed by atoms with Crippen molar-refractivity contribution in [2.45, 2.75) is 19.3 Å². The van der Waals surface area contributed by atoms with E-state index in [4.69, 9.17) is 0 Å². The first-order valence-electron chi connectivity index (χ1n) is 7.02. The molecule has 1 fully saturated rings. The highest BCUT2D eigenvalue weighted by Gasteiger charge is 2.18. The summed E-state index contributed by atoms with van der Waals surface area (Å²) in [5, 5.41) is 8.72. The van der Waals surface area contributed by atoms with E-state index in [1.165, 1.54) is 0 Å². The summed E-state index contributed by atoms with van der Waals surface area (Å²) < 4.78 is 0. The third-order valence-corrected chi connectivity index (χ3v) is 3.61. The van der Waals surface area contributed by atoms with Crippen molar-refractivity contribution in [1.82, 2.24) is 10.6 Å². The van der Waals surface area contributed by atoms with Gasteiger partial charge in [0.05, 0.1) is 11.3 Å². The fourth-order valence-corrected chi connectivity index (χ4v) is 2.47. The molecule has 0 unspecified atom stereocenters. The number of halogens is 1. The van der Waals surface area contributed by atoms with Crippen molar-refractivity contribution >= 4 is 29.9 Å². The molecule has 1 saturated heterocycles. The number of anilines is 1. The molecule has 0 aliphatic carbocycles. The Kier molecular flexibility index (Phi) is 7.19. The molecule has 1 aromatic carbocycles. The van der Waals surface area contributed by atoms with Crippen LogP contribution in [0.2, 0.25) is 0 Å². The summed E-state index contributed by atoms with van der Waals surface area (Å²) >= 11 is 0. The van der Waals surface area contributed by atoms with E-state index in [9.17, 15) is 9.59 Å². The summed E-state index contributed by atoms with van der Waals surface area (Å²) in [5.41, 5.74) is 1.07. The molecule has 116 valence electrons. The van der Waals surface area contributed by atoms with Crippen LogP contribution in [-0.2, 0) is 4.79 Å². The van der Waals surface area contributed by atoms with Crippen LogP contribution in [0.15, 0.2) is 24.3 Å². The molecule has 1 aliphatic rings. The van der Waals surface area contributed by atoms with Crippen LogP contribution >= 0.6 is 12.4 Å². The number of rotatable bonds is 4. The Morgan fingerprint density at radius 2 is 1.90 bits per heavy atom. The van der Waals surface area contributed by atoms with E-state index < -0.39 is 0 Å². The van der Waals surface area contributed by atoms with E-state index in [1.54, 1.807) is 25.2 Å². The van der Waals surface area contributed by atoms with Crippen molar-refractivity contribution in [1.29, 1.82) is 0 Å².